The number of likely N-dealkylation sites (tertiary alicyclic amines) is 1. The molecule has 0 radical (unpaired) electrons. The number of nitrogens with zero attached hydrogens (tertiary/aromatic N) is 1. The molecule has 4 aliphatic rings. The number of esters is 1. The summed E-state index contributed by atoms with van der Waals surface area (Å²) in [5.41, 5.74) is 6.60. The molecule has 3 N–H and O–H groups in total. The summed E-state index contributed by atoms with van der Waals surface area (Å²) in [7, 11) is 0. The Labute approximate surface area is 209 Å². The molecule has 0 spiro atoms. The SMILES string of the molecule is CC(C)(C)OC(=O)N1C[C@H]2C[C@H]2[C@@H](N)C1.Cl.O=C(C[C@H]1CNC[C@H]2C[C@@H]12)OCc1ccccc1. The van der Waals surface area contributed by atoms with Crippen LogP contribution in [-0.2, 0) is 20.9 Å². The Hall–Kier alpha value is -1.83. The van der Waals surface area contributed by atoms with Gasteiger partial charge in [-0.3, -0.25) is 4.79 Å². The highest BCUT2D eigenvalue weighted by molar-refractivity contribution is 5.85. The van der Waals surface area contributed by atoms with Gasteiger partial charge >= 0.3 is 12.1 Å². The molecule has 7 nitrogen and oxygen atoms in total. The predicted molar refractivity (Wildman–Crippen MR) is 133 cm³/mol. The molecule has 1 amide bonds. The van der Waals surface area contributed by atoms with Crippen LogP contribution in [0.3, 0.4) is 0 Å². The molecular formula is C26H40ClN3O4. The van der Waals surface area contributed by atoms with Crippen LogP contribution in [0.15, 0.2) is 30.3 Å². The third-order valence-electron chi connectivity index (χ3n) is 7.13. The van der Waals surface area contributed by atoms with Crippen LogP contribution in [0.25, 0.3) is 0 Å². The van der Waals surface area contributed by atoms with Crippen molar-refractivity contribution in [2.45, 2.75) is 58.3 Å². The van der Waals surface area contributed by atoms with Gasteiger partial charge in [0.25, 0.3) is 0 Å². The predicted octanol–water partition coefficient (Wildman–Crippen LogP) is 3.60. The summed E-state index contributed by atoms with van der Waals surface area (Å²) in [6.07, 6.45) is 2.83. The number of carbonyl (C=O) groups is 2. The van der Waals surface area contributed by atoms with Gasteiger partial charge in [-0.05, 0) is 81.9 Å². The molecule has 0 bridgehead atoms. The Morgan fingerprint density at radius 2 is 1.76 bits per heavy atom. The molecular weight excluding hydrogens is 454 g/mol. The zero-order chi connectivity index (χ0) is 23.6. The maximum atomic E-state index is 11.8. The first kappa shape index (κ1) is 26.8. The molecule has 2 aliphatic carbocycles. The lowest BCUT2D eigenvalue weighted by Gasteiger charge is -2.32. The van der Waals surface area contributed by atoms with Crippen LogP contribution >= 0.6 is 12.4 Å². The number of ether oxygens (including phenoxy) is 2. The van der Waals surface area contributed by atoms with E-state index in [0.717, 1.165) is 37.0 Å². The molecule has 8 heteroatoms. The minimum atomic E-state index is -0.415. The summed E-state index contributed by atoms with van der Waals surface area (Å²) in [6, 6.07) is 9.99. The number of hydrogen-bond donors (Lipinski definition) is 2. The number of carbonyl (C=O) groups excluding carboxylic acids is 2. The Bertz CT molecular complexity index is 831. The Morgan fingerprint density at radius 3 is 2.44 bits per heavy atom. The highest BCUT2D eigenvalue weighted by atomic mass is 35.5. The Morgan fingerprint density at radius 1 is 1.06 bits per heavy atom. The Balaban J connectivity index is 0.000000188. The lowest BCUT2D eigenvalue weighted by molar-refractivity contribution is -0.146. The van der Waals surface area contributed by atoms with Gasteiger partial charge in [-0.1, -0.05) is 30.3 Å². The van der Waals surface area contributed by atoms with Crippen LogP contribution in [0.5, 0.6) is 0 Å². The van der Waals surface area contributed by atoms with Crippen LogP contribution in [0.4, 0.5) is 4.79 Å². The van der Waals surface area contributed by atoms with E-state index in [2.05, 4.69) is 5.32 Å². The first-order chi connectivity index (χ1) is 15.7. The maximum absolute atomic E-state index is 11.8. The lowest BCUT2D eigenvalue weighted by Crippen LogP contribution is -2.48. The number of halogens is 1. The topological polar surface area (TPSA) is 93.9 Å². The monoisotopic (exact) mass is 493 g/mol. The van der Waals surface area contributed by atoms with E-state index >= 15 is 0 Å². The number of amides is 1. The van der Waals surface area contributed by atoms with Crippen LogP contribution in [-0.4, -0.2) is 54.8 Å². The van der Waals surface area contributed by atoms with Gasteiger partial charge in [0.05, 0.1) is 0 Å². The number of nitrogens with one attached hydrogen (secondary N) is 1. The van der Waals surface area contributed by atoms with Crippen molar-refractivity contribution >= 4 is 24.5 Å². The van der Waals surface area contributed by atoms with Crippen LogP contribution < -0.4 is 11.1 Å². The summed E-state index contributed by atoms with van der Waals surface area (Å²) in [6.45, 7) is 9.64. The second-order valence-electron chi connectivity index (χ2n) is 11.1. The number of nitrogens with two attached hydrogens (primary N) is 1. The highest BCUT2D eigenvalue weighted by Crippen LogP contribution is 2.47. The second-order valence-corrected chi connectivity index (χ2v) is 11.1. The van der Waals surface area contributed by atoms with Crippen molar-refractivity contribution in [1.82, 2.24) is 10.2 Å². The number of benzene rings is 1. The fourth-order valence-corrected chi connectivity index (χ4v) is 5.15. The average Bonchev–Trinajstić information content (AvgIpc) is 3.66. The molecule has 2 saturated carbocycles. The zero-order valence-electron chi connectivity index (χ0n) is 20.6. The van der Waals surface area contributed by atoms with Gasteiger partial charge in [-0.15, -0.1) is 12.4 Å². The third kappa shape index (κ3) is 7.59. The van der Waals surface area contributed by atoms with Crippen LogP contribution in [0, 0.1) is 29.6 Å². The van der Waals surface area contributed by atoms with Crippen LogP contribution in [0.1, 0.15) is 45.6 Å². The van der Waals surface area contributed by atoms with E-state index < -0.39 is 5.60 Å². The Kier molecular flexibility index (Phi) is 8.87. The quantitative estimate of drug-likeness (QED) is 0.622. The minimum Gasteiger partial charge on any atom is -0.461 e. The standard InChI is InChI=1S/C15H19NO2.C11H20N2O2.ClH/c17-15(18-10-11-4-2-1-3-5-11)7-13-9-16-8-12-6-14(12)13;1-11(2,3)15-10(14)13-5-7-4-8(7)9(12)6-13;/h1-5,12-14,16H,6-10H2;7-9H,4-6,12H2,1-3H3;1H/t12-,13+,14-;7-,8-,9+;/m11./s1. The lowest BCUT2D eigenvalue weighted by atomic mass is 9.95. The first-order valence-corrected chi connectivity index (χ1v) is 12.3. The van der Waals surface area contributed by atoms with Crippen molar-refractivity contribution in [1.29, 1.82) is 0 Å². The molecule has 4 fully saturated rings. The number of hydrogen-bond acceptors (Lipinski definition) is 6. The molecule has 0 aromatic heterocycles. The van der Waals surface area contributed by atoms with Gasteiger partial charge in [0.15, 0.2) is 0 Å². The van der Waals surface area contributed by atoms with Crippen molar-refractivity contribution < 1.29 is 19.1 Å². The average molecular weight is 494 g/mol. The summed E-state index contributed by atoms with van der Waals surface area (Å²) in [5, 5.41) is 3.40. The van der Waals surface area contributed by atoms with E-state index in [1.54, 1.807) is 4.90 Å². The summed E-state index contributed by atoms with van der Waals surface area (Å²) < 4.78 is 10.7. The molecule has 6 atom stereocenters. The number of fused-ring (bicyclic) bond motifs is 2. The minimum absolute atomic E-state index is 0. The van der Waals surface area contributed by atoms with Crippen molar-refractivity contribution in [3.63, 3.8) is 0 Å². The van der Waals surface area contributed by atoms with Crippen molar-refractivity contribution in [3.8, 4) is 0 Å². The van der Waals surface area contributed by atoms with Crippen molar-refractivity contribution in [3.05, 3.63) is 35.9 Å². The molecule has 1 aromatic carbocycles. The molecule has 2 aliphatic heterocycles. The normalized spacial score (nSPS) is 30.9. The largest absolute Gasteiger partial charge is 0.461 e. The van der Waals surface area contributed by atoms with Gasteiger partial charge in [-0.25, -0.2) is 4.79 Å². The van der Waals surface area contributed by atoms with E-state index in [1.807, 2.05) is 51.1 Å². The summed E-state index contributed by atoms with van der Waals surface area (Å²) in [5.74, 6) is 3.32. The van der Waals surface area contributed by atoms with E-state index in [4.69, 9.17) is 15.2 Å². The van der Waals surface area contributed by atoms with Crippen LogP contribution in [0.2, 0.25) is 0 Å². The second kappa shape index (κ2) is 11.3. The van der Waals surface area contributed by atoms with Gasteiger partial charge in [-0.2, -0.15) is 0 Å². The molecule has 5 rings (SSSR count). The summed E-state index contributed by atoms with van der Waals surface area (Å²) in [4.78, 5) is 25.3. The highest BCUT2D eigenvalue weighted by Gasteiger charge is 2.48. The van der Waals surface area contributed by atoms with E-state index in [9.17, 15) is 9.59 Å². The molecule has 1 aromatic rings. The summed E-state index contributed by atoms with van der Waals surface area (Å²) >= 11 is 0. The zero-order valence-corrected chi connectivity index (χ0v) is 21.4. The van der Waals surface area contributed by atoms with E-state index in [-0.39, 0.29) is 30.5 Å². The fourth-order valence-electron chi connectivity index (χ4n) is 5.15. The van der Waals surface area contributed by atoms with Crippen molar-refractivity contribution in [2.24, 2.45) is 35.3 Å². The van der Waals surface area contributed by atoms with E-state index in [0.29, 0.717) is 37.3 Å². The maximum Gasteiger partial charge on any atom is 0.410 e. The molecule has 2 heterocycles. The van der Waals surface area contributed by atoms with E-state index in [1.165, 1.54) is 12.8 Å². The van der Waals surface area contributed by atoms with Gasteiger partial charge in [0.1, 0.15) is 12.2 Å². The number of rotatable bonds is 4. The molecule has 2 saturated heterocycles. The van der Waals surface area contributed by atoms with Gasteiger partial charge < -0.3 is 25.4 Å². The molecule has 190 valence electrons. The molecule has 0 unspecified atom stereocenters. The van der Waals surface area contributed by atoms with Gasteiger partial charge in [0.2, 0.25) is 0 Å². The smallest absolute Gasteiger partial charge is 0.410 e. The fraction of sp³-hybridized carbons (Fsp3) is 0.692. The molecule has 34 heavy (non-hydrogen) atoms. The van der Waals surface area contributed by atoms with Gasteiger partial charge in [0, 0.05) is 25.6 Å². The van der Waals surface area contributed by atoms with Crippen molar-refractivity contribution in [2.75, 3.05) is 26.2 Å². The first-order valence-electron chi connectivity index (χ1n) is 12.3. The number of piperidine rings is 2. The third-order valence-corrected chi connectivity index (χ3v) is 7.13.